The van der Waals surface area contributed by atoms with E-state index >= 15 is 0 Å². The van der Waals surface area contributed by atoms with Crippen molar-refractivity contribution in [1.29, 1.82) is 0 Å². The van der Waals surface area contributed by atoms with E-state index in [4.69, 9.17) is 0 Å². The first-order valence-electron chi connectivity index (χ1n) is 8.44. The van der Waals surface area contributed by atoms with Crippen LogP contribution in [-0.2, 0) is 21.2 Å². The summed E-state index contributed by atoms with van der Waals surface area (Å²) in [6, 6.07) is 18.1. The summed E-state index contributed by atoms with van der Waals surface area (Å²) in [7, 11) is -3.72. The summed E-state index contributed by atoms with van der Waals surface area (Å²) in [5.41, 5.74) is 2.38. The molecule has 0 aliphatic carbocycles. The van der Waals surface area contributed by atoms with E-state index in [1.165, 1.54) is 9.87 Å². The molecule has 3 aromatic rings. The molecule has 0 atom stereocenters. The van der Waals surface area contributed by atoms with Crippen LogP contribution in [-0.4, -0.2) is 20.9 Å². The third-order valence-corrected chi connectivity index (χ3v) is 6.42. The van der Waals surface area contributed by atoms with Crippen LogP contribution in [0.1, 0.15) is 12.5 Å². The van der Waals surface area contributed by atoms with Crippen LogP contribution in [0, 0.1) is 0 Å². The summed E-state index contributed by atoms with van der Waals surface area (Å²) in [6.07, 6.45) is 0.919. The highest BCUT2D eigenvalue weighted by atomic mass is 32.2. The molecule has 0 radical (unpaired) electrons. The van der Waals surface area contributed by atoms with Crippen LogP contribution in [0.2, 0.25) is 0 Å². The molecule has 0 aromatic heterocycles. The number of rotatable bonds is 4. The maximum Gasteiger partial charge on any atom is 0.265 e. The first-order chi connectivity index (χ1) is 12.5. The van der Waals surface area contributed by atoms with Gasteiger partial charge in [-0.1, -0.05) is 43.3 Å². The Balaban J connectivity index is 1.62. The predicted octanol–water partition coefficient (Wildman–Crippen LogP) is 3.55. The van der Waals surface area contributed by atoms with E-state index in [2.05, 4.69) is 12.2 Å². The Morgan fingerprint density at radius 1 is 1.00 bits per heavy atom. The first kappa shape index (κ1) is 16.6. The van der Waals surface area contributed by atoms with Gasteiger partial charge in [-0.05, 0) is 41.6 Å². The lowest BCUT2D eigenvalue weighted by Gasteiger charge is -2.18. The van der Waals surface area contributed by atoms with Gasteiger partial charge in [-0.3, -0.25) is 9.10 Å². The molecule has 5 nitrogen and oxygen atoms in total. The minimum atomic E-state index is -3.72. The topological polar surface area (TPSA) is 66.5 Å². The average molecular weight is 366 g/mol. The van der Waals surface area contributed by atoms with Crippen molar-refractivity contribution in [2.24, 2.45) is 0 Å². The Bertz CT molecular complexity index is 1100. The predicted molar refractivity (Wildman–Crippen MR) is 103 cm³/mol. The highest BCUT2D eigenvalue weighted by Gasteiger charge is 2.36. The summed E-state index contributed by atoms with van der Waals surface area (Å²) in [5.74, 6) is -0.373. The average Bonchev–Trinajstić information content (AvgIpc) is 2.86. The second-order valence-electron chi connectivity index (χ2n) is 6.24. The Morgan fingerprint density at radius 3 is 2.38 bits per heavy atom. The van der Waals surface area contributed by atoms with Crippen molar-refractivity contribution in [1.82, 2.24) is 0 Å². The van der Waals surface area contributed by atoms with E-state index in [9.17, 15) is 13.2 Å². The number of carbonyl (C=O) groups excluding carboxylic acids is 1. The Hall–Kier alpha value is -2.86. The zero-order chi connectivity index (χ0) is 18.3. The van der Waals surface area contributed by atoms with Crippen molar-refractivity contribution in [2.45, 2.75) is 18.2 Å². The normalized spacial score (nSPS) is 14.6. The molecule has 0 bridgehead atoms. The van der Waals surface area contributed by atoms with E-state index in [1.807, 2.05) is 36.4 Å². The van der Waals surface area contributed by atoms with Crippen LogP contribution < -0.4 is 9.62 Å². The van der Waals surface area contributed by atoms with Gasteiger partial charge in [-0.2, -0.15) is 0 Å². The SMILES string of the molecule is CCc1ccc(NC(=O)CN2c3cccc4cccc(c34)S2(=O)=O)cc1. The third kappa shape index (κ3) is 2.63. The van der Waals surface area contributed by atoms with Crippen molar-refractivity contribution in [3.8, 4) is 0 Å². The van der Waals surface area contributed by atoms with Crippen LogP contribution in [0.25, 0.3) is 10.8 Å². The number of nitrogens with zero attached hydrogens (tertiary/aromatic N) is 1. The van der Waals surface area contributed by atoms with Crippen LogP contribution in [0.3, 0.4) is 0 Å². The van der Waals surface area contributed by atoms with Crippen molar-refractivity contribution < 1.29 is 13.2 Å². The van der Waals surface area contributed by atoms with Gasteiger partial charge >= 0.3 is 0 Å². The van der Waals surface area contributed by atoms with Crippen LogP contribution in [0.4, 0.5) is 11.4 Å². The van der Waals surface area contributed by atoms with Gasteiger partial charge in [-0.15, -0.1) is 0 Å². The summed E-state index contributed by atoms with van der Waals surface area (Å²) >= 11 is 0. The van der Waals surface area contributed by atoms with E-state index in [0.29, 0.717) is 16.8 Å². The number of aryl methyl sites for hydroxylation is 1. The molecule has 1 amide bonds. The van der Waals surface area contributed by atoms with Gasteiger partial charge < -0.3 is 5.32 Å². The number of sulfonamides is 1. The molecule has 0 saturated carbocycles. The molecule has 0 unspecified atom stereocenters. The number of hydrogen-bond donors (Lipinski definition) is 1. The smallest absolute Gasteiger partial charge is 0.265 e. The number of benzene rings is 3. The lowest BCUT2D eigenvalue weighted by molar-refractivity contribution is -0.114. The van der Waals surface area contributed by atoms with Crippen LogP contribution in [0.15, 0.2) is 65.6 Å². The fourth-order valence-electron chi connectivity index (χ4n) is 3.28. The highest BCUT2D eigenvalue weighted by molar-refractivity contribution is 7.93. The monoisotopic (exact) mass is 366 g/mol. The molecule has 132 valence electrons. The molecular formula is C20H18N2O3S. The van der Waals surface area contributed by atoms with Gasteiger partial charge in [0.25, 0.3) is 10.0 Å². The number of carbonyl (C=O) groups is 1. The van der Waals surface area contributed by atoms with Gasteiger partial charge in [0, 0.05) is 11.1 Å². The molecule has 1 aliphatic heterocycles. The lowest BCUT2D eigenvalue weighted by atomic mass is 10.1. The maximum atomic E-state index is 12.9. The van der Waals surface area contributed by atoms with E-state index in [0.717, 1.165) is 11.8 Å². The lowest BCUT2D eigenvalue weighted by Crippen LogP contribution is -2.35. The van der Waals surface area contributed by atoms with E-state index < -0.39 is 10.0 Å². The fourth-order valence-corrected chi connectivity index (χ4v) is 4.95. The van der Waals surface area contributed by atoms with Crippen molar-refractivity contribution in [3.05, 3.63) is 66.2 Å². The number of nitrogens with one attached hydrogen (secondary N) is 1. The second kappa shape index (κ2) is 6.14. The number of anilines is 2. The second-order valence-corrected chi connectivity index (χ2v) is 8.07. The number of amides is 1. The molecule has 0 saturated heterocycles. The van der Waals surface area contributed by atoms with Gasteiger partial charge in [0.05, 0.1) is 10.6 Å². The molecule has 26 heavy (non-hydrogen) atoms. The van der Waals surface area contributed by atoms with Crippen molar-refractivity contribution in [3.63, 3.8) is 0 Å². The Morgan fingerprint density at radius 2 is 1.69 bits per heavy atom. The fraction of sp³-hybridized carbons (Fsp3) is 0.150. The van der Waals surface area contributed by atoms with Crippen molar-refractivity contribution >= 4 is 38.1 Å². The molecule has 4 rings (SSSR count). The van der Waals surface area contributed by atoms with Gasteiger partial charge in [0.1, 0.15) is 6.54 Å². The highest BCUT2D eigenvalue weighted by Crippen LogP contribution is 2.41. The Kier molecular flexibility index (Phi) is 3.92. The Labute approximate surface area is 152 Å². The molecule has 6 heteroatoms. The molecular weight excluding hydrogens is 348 g/mol. The van der Waals surface area contributed by atoms with Gasteiger partial charge in [0.2, 0.25) is 5.91 Å². The minimum absolute atomic E-state index is 0.255. The largest absolute Gasteiger partial charge is 0.325 e. The van der Waals surface area contributed by atoms with Crippen molar-refractivity contribution in [2.75, 3.05) is 16.2 Å². The van der Waals surface area contributed by atoms with Crippen LogP contribution in [0.5, 0.6) is 0 Å². The summed E-state index contributed by atoms with van der Waals surface area (Å²) in [4.78, 5) is 12.7. The maximum absolute atomic E-state index is 12.9. The quantitative estimate of drug-likeness (QED) is 0.768. The summed E-state index contributed by atoms with van der Waals surface area (Å²) in [5, 5.41) is 4.30. The molecule has 1 N–H and O–H groups in total. The zero-order valence-electron chi connectivity index (χ0n) is 14.3. The standard InChI is InChI=1S/C20H18N2O3S/c1-2-14-9-11-16(12-10-14)21-19(23)13-22-17-7-3-5-15-6-4-8-18(20(15)17)26(22,24)25/h3-12H,2,13H2,1H3,(H,21,23). The third-order valence-electron chi connectivity index (χ3n) is 4.61. The van der Waals surface area contributed by atoms with Gasteiger partial charge in [0.15, 0.2) is 0 Å². The molecule has 0 spiro atoms. The van der Waals surface area contributed by atoms with E-state index in [-0.39, 0.29) is 17.3 Å². The molecule has 1 heterocycles. The summed E-state index contributed by atoms with van der Waals surface area (Å²) in [6.45, 7) is 1.80. The van der Waals surface area contributed by atoms with Crippen LogP contribution >= 0.6 is 0 Å². The minimum Gasteiger partial charge on any atom is -0.325 e. The van der Waals surface area contributed by atoms with Gasteiger partial charge in [-0.25, -0.2) is 8.42 Å². The van der Waals surface area contributed by atoms with E-state index in [1.54, 1.807) is 24.3 Å². The molecule has 3 aromatic carbocycles. The first-order valence-corrected chi connectivity index (χ1v) is 9.88. The molecule has 1 aliphatic rings. The zero-order valence-corrected chi connectivity index (χ0v) is 15.1. The molecule has 0 fully saturated rings. The number of hydrogen-bond acceptors (Lipinski definition) is 3. The summed E-state index contributed by atoms with van der Waals surface area (Å²) < 4.78 is 26.9.